The van der Waals surface area contributed by atoms with Crippen LogP contribution in [0.1, 0.15) is 28.7 Å². The van der Waals surface area contributed by atoms with Gasteiger partial charge in [0, 0.05) is 12.2 Å². The van der Waals surface area contributed by atoms with Gasteiger partial charge >= 0.3 is 0 Å². The molecule has 2 aromatic carbocycles. The Bertz CT molecular complexity index is 983. The number of nitrogens with one attached hydrogen (secondary N) is 2. The number of nitrogens with zero attached hydrogens (tertiary/aromatic N) is 2. The van der Waals surface area contributed by atoms with Crippen LogP contribution >= 0.6 is 0 Å². The number of amides is 2. The third kappa shape index (κ3) is 5.68. The molecule has 0 radical (unpaired) electrons. The second-order valence-corrected chi connectivity index (χ2v) is 6.52. The molecule has 2 N–H and O–H groups in total. The summed E-state index contributed by atoms with van der Waals surface area (Å²) in [6, 6.07) is 18.6. The molecule has 150 valence electrons. The summed E-state index contributed by atoms with van der Waals surface area (Å²) < 4.78 is 7.34. The number of aromatic nitrogens is 2. The molecule has 1 aromatic heterocycles. The number of carbonyl (C=O) groups is 2. The average molecular weight is 392 g/mol. The first kappa shape index (κ1) is 20.1. The van der Waals surface area contributed by atoms with Gasteiger partial charge in [0.2, 0.25) is 5.91 Å². The number of anilines is 1. The van der Waals surface area contributed by atoms with Crippen molar-refractivity contribution in [1.82, 2.24) is 15.1 Å². The Morgan fingerprint density at radius 1 is 1.07 bits per heavy atom. The van der Waals surface area contributed by atoms with Gasteiger partial charge in [-0.1, -0.05) is 30.3 Å². The zero-order valence-corrected chi connectivity index (χ0v) is 16.5. The van der Waals surface area contributed by atoms with Crippen molar-refractivity contribution in [2.75, 3.05) is 11.9 Å². The van der Waals surface area contributed by atoms with Gasteiger partial charge in [0.15, 0.2) is 0 Å². The lowest BCUT2D eigenvalue weighted by molar-refractivity contribution is -0.115. The molecule has 0 saturated carbocycles. The molecule has 3 rings (SSSR count). The van der Waals surface area contributed by atoms with Crippen molar-refractivity contribution in [3.63, 3.8) is 0 Å². The minimum absolute atomic E-state index is 0.127. The van der Waals surface area contributed by atoms with Crippen molar-refractivity contribution in [2.24, 2.45) is 0 Å². The first-order valence-electron chi connectivity index (χ1n) is 9.44. The van der Waals surface area contributed by atoms with E-state index < -0.39 is 0 Å². The number of hydrogen-bond acceptors (Lipinski definition) is 4. The van der Waals surface area contributed by atoms with Gasteiger partial charge < -0.3 is 15.4 Å². The van der Waals surface area contributed by atoms with Crippen LogP contribution in [-0.2, 0) is 17.9 Å². The molecule has 0 aliphatic carbocycles. The van der Waals surface area contributed by atoms with Crippen LogP contribution in [0.15, 0.2) is 60.7 Å². The molecular formula is C22H24N4O3. The maximum Gasteiger partial charge on any atom is 0.269 e. The lowest BCUT2D eigenvalue weighted by Gasteiger charge is -2.10. The van der Waals surface area contributed by atoms with E-state index >= 15 is 0 Å². The van der Waals surface area contributed by atoms with Gasteiger partial charge in [-0.2, -0.15) is 5.10 Å². The van der Waals surface area contributed by atoms with Crippen molar-refractivity contribution in [3.8, 4) is 5.75 Å². The van der Waals surface area contributed by atoms with Gasteiger partial charge in [-0.25, -0.2) is 0 Å². The summed E-state index contributed by atoms with van der Waals surface area (Å²) >= 11 is 0. The maximum atomic E-state index is 12.3. The molecule has 29 heavy (non-hydrogen) atoms. The van der Waals surface area contributed by atoms with Crippen LogP contribution in [0.3, 0.4) is 0 Å². The molecule has 0 atom stereocenters. The summed E-state index contributed by atoms with van der Waals surface area (Å²) in [6.45, 7) is 4.58. The van der Waals surface area contributed by atoms with Crippen molar-refractivity contribution in [2.45, 2.75) is 27.0 Å². The van der Waals surface area contributed by atoms with Gasteiger partial charge in [-0.3, -0.25) is 14.3 Å². The van der Waals surface area contributed by atoms with Crippen LogP contribution in [0.5, 0.6) is 5.75 Å². The molecule has 0 aliphatic heterocycles. The summed E-state index contributed by atoms with van der Waals surface area (Å²) in [5.41, 5.74) is 2.78. The first-order valence-corrected chi connectivity index (χ1v) is 9.44. The summed E-state index contributed by atoms with van der Waals surface area (Å²) in [6.07, 6.45) is 0. The highest BCUT2D eigenvalue weighted by atomic mass is 16.5. The van der Waals surface area contributed by atoms with Gasteiger partial charge in [0.05, 0.1) is 12.2 Å². The van der Waals surface area contributed by atoms with E-state index in [0.29, 0.717) is 24.5 Å². The van der Waals surface area contributed by atoms with Crippen molar-refractivity contribution in [1.29, 1.82) is 0 Å². The summed E-state index contributed by atoms with van der Waals surface area (Å²) in [4.78, 5) is 24.5. The molecule has 0 spiro atoms. The van der Waals surface area contributed by atoms with E-state index in [0.717, 1.165) is 17.0 Å². The second kappa shape index (κ2) is 9.54. The Labute approximate surface area is 169 Å². The molecule has 3 aromatic rings. The van der Waals surface area contributed by atoms with Gasteiger partial charge in [-0.05, 0) is 49.7 Å². The number of rotatable bonds is 8. The summed E-state index contributed by atoms with van der Waals surface area (Å²) in [7, 11) is 0. The number of carbonyl (C=O) groups excluding carboxylic acids is 2. The smallest absolute Gasteiger partial charge is 0.269 e. The van der Waals surface area contributed by atoms with Crippen molar-refractivity contribution < 1.29 is 14.3 Å². The van der Waals surface area contributed by atoms with Crippen LogP contribution < -0.4 is 15.4 Å². The molecule has 7 nitrogen and oxygen atoms in total. The molecule has 0 fully saturated rings. The fraction of sp³-hybridized carbons (Fsp3) is 0.227. The van der Waals surface area contributed by atoms with E-state index in [2.05, 4.69) is 15.7 Å². The van der Waals surface area contributed by atoms with E-state index in [4.69, 9.17) is 4.74 Å². The van der Waals surface area contributed by atoms with Gasteiger partial charge in [0.25, 0.3) is 5.91 Å². The fourth-order valence-corrected chi connectivity index (χ4v) is 2.85. The fourth-order valence-electron chi connectivity index (χ4n) is 2.85. The van der Waals surface area contributed by atoms with Gasteiger partial charge in [0.1, 0.15) is 18.1 Å². The molecule has 0 unspecified atom stereocenters. The number of ether oxygens (including phenoxy) is 1. The standard InChI is InChI=1S/C22H24N4O3/c1-3-26-20(12-16(2)25-26)22(28)23-14-21(27)24-18-9-7-8-17(13-18)15-29-19-10-5-4-6-11-19/h4-13H,3,14-15H2,1-2H3,(H,23,28)(H,24,27). The molecule has 1 heterocycles. The lowest BCUT2D eigenvalue weighted by Crippen LogP contribution is -2.34. The van der Waals surface area contributed by atoms with Gasteiger partial charge in [-0.15, -0.1) is 0 Å². The van der Waals surface area contributed by atoms with E-state index in [1.807, 2.05) is 62.4 Å². The summed E-state index contributed by atoms with van der Waals surface area (Å²) in [5, 5.41) is 9.66. The lowest BCUT2D eigenvalue weighted by atomic mass is 10.2. The number of hydrogen-bond donors (Lipinski definition) is 2. The van der Waals surface area contributed by atoms with E-state index in [-0.39, 0.29) is 18.4 Å². The number of aryl methyl sites for hydroxylation is 2. The topological polar surface area (TPSA) is 85.2 Å². The molecule has 2 amide bonds. The van der Waals surface area contributed by atoms with Crippen molar-refractivity contribution >= 4 is 17.5 Å². The van der Waals surface area contributed by atoms with Crippen LogP contribution in [0.25, 0.3) is 0 Å². The average Bonchev–Trinajstić information content (AvgIpc) is 3.12. The van der Waals surface area contributed by atoms with Crippen LogP contribution in [-0.4, -0.2) is 28.1 Å². The quantitative estimate of drug-likeness (QED) is 0.617. The highest BCUT2D eigenvalue weighted by molar-refractivity contribution is 5.98. The largest absolute Gasteiger partial charge is 0.489 e. The van der Waals surface area contributed by atoms with E-state index in [1.54, 1.807) is 16.8 Å². The van der Waals surface area contributed by atoms with Crippen LogP contribution in [0.4, 0.5) is 5.69 Å². The predicted molar refractivity (Wildman–Crippen MR) is 111 cm³/mol. The van der Waals surface area contributed by atoms with E-state index in [1.165, 1.54) is 0 Å². The molecule has 7 heteroatoms. The first-order chi connectivity index (χ1) is 14.0. The number of para-hydroxylation sites is 1. The minimum atomic E-state index is -0.326. The number of benzene rings is 2. The zero-order valence-electron chi connectivity index (χ0n) is 16.5. The Balaban J connectivity index is 1.52. The predicted octanol–water partition coefficient (Wildman–Crippen LogP) is 3.16. The highest BCUT2D eigenvalue weighted by Gasteiger charge is 2.14. The van der Waals surface area contributed by atoms with Crippen LogP contribution in [0, 0.1) is 6.92 Å². The zero-order chi connectivity index (χ0) is 20.6. The Kier molecular flexibility index (Phi) is 6.63. The van der Waals surface area contributed by atoms with E-state index in [9.17, 15) is 9.59 Å². The Morgan fingerprint density at radius 2 is 1.86 bits per heavy atom. The third-order valence-corrected chi connectivity index (χ3v) is 4.20. The molecule has 0 bridgehead atoms. The van der Waals surface area contributed by atoms with Crippen molar-refractivity contribution in [3.05, 3.63) is 77.6 Å². The summed E-state index contributed by atoms with van der Waals surface area (Å²) in [5.74, 6) is 0.151. The normalized spacial score (nSPS) is 10.4. The molecule has 0 aliphatic rings. The Hall–Kier alpha value is -3.61. The Morgan fingerprint density at radius 3 is 2.62 bits per heavy atom. The van der Waals surface area contributed by atoms with Crippen LogP contribution in [0.2, 0.25) is 0 Å². The third-order valence-electron chi connectivity index (χ3n) is 4.20. The highest BCUT2D eigenvalue weighted by Crippen LogP contribution is 2.15. The minimum Gasteiger partial charge on any atom is -0.489 e. The monoisotopic (exact) mass is 392 g/mol. The molecule has 0 saturated heterocycles. The molecular weight excluding hydrogens is 368 g/mol. The SMILES string of the molecule is CCn1nc(C)cc1C(=O)NCC(=O)Nc1cccc(COc2ccccc2)c1. The maximum absolute atomic E-state index is 12.3. The second-order valence-electron chi connectivity index (χ2n) is 6.52.